The van der Waals surface area contributed by atoms with Crippen LogP contribution in [0.2, 0.25) is 0 Å². The molecule has 0 aliphatic rings. The number of anilines is 2. The second-order valence-electron chi connectivity index (χ2n) is 4.54. The van der Waals surface area contributed by atoms with Crippen LogP contribution in [-0.2, 0) is 0 Å². The summed E-state index contributed by atoms with van der Waals surface area (Å²) in [4.78, 5) is 14.1. The number of nitrogens with two attached hydrogens (primary N) is 1. The molecule has 7 nitrogen and oxygen atoms in total. The highest BCUT2D eigenvalue weighted by molar-refractivity contribution is 5.35. The van der Waals surface area contributed by atoms with Gasteiger partial charge in [0.05, 0.1) is 6.61 Å². The van der Waals surface area contributed by atoms with Gasteiger partial charge >= 0.3 is 6.01 Å². The van der Waals surface area contributed by atoms with Crippen LogP contribution in [0, 0.1) is 0 Å². The molecule has 0 saturated heterocycles. The smallest absolute Gasteiger partial charge is 0.323 e. The highest BCUT2D eigenvalue weighted by atomic mass is 16.5. The van der Waals surface area contributed by atoms with Crippen molar-refractivity contribution in [2.45, 2.75) is 39.0 Å². The van der Waals surface area contributed by atoms with Gasteiger partial charge in [-0.25, -0.2) is 5.84 Å². The number of nitrogen functional groups attached to an aromatic ring is 1. The first-order valence-corrected chi connectivity index (χ1v) is 6.70. The monoisotopic (exact) mass is 268 g/mol. The molecule has 0 aliphatic heterocycles. The summed E-state index contributed by atoms with van der Waals surface area (Å²) >= 11 is 0. The highest BCUT2D eigenvalue weighted by Gasteiger charge is 2.08. The van der Waals surface area contributed by atoms with Gasteiger partial charge in [-0.2, -0.15) is 15.0 Å². The fourth-order valence-corrected chi connectivity index (χ4v) is 1.54. The zero-order valence-corrected chi connectivity index (χ0v) is 12.0. The average Bonchev–Trinajstić information content (AvgIpc) is 2.42. The molecule has 0 fully saturated rings. The van der Waals surface area contributed by atoms with Crippen LogP contribution in [-0.4, -0.2) is 35.7 Å². The summed E-state index contributed by atoms with van der Waals surface area (Å²) in [6.07, 6.45) is 5.94. The van der Waals surface area contributed by atoms with E-state index in [4.69, 9.17) is 10.6 Å². The molecule has 0 radical (unpaired) electrons. The third kappa shape index (κ3) is 5.69. The second-order valence-corrected chi connectivity index (χ2v) is 4.54. The first-order chi connectivity index (χ1) is 9.17. The lowest BCUT2D eigenvalue weighted by Gasteiger charge is -2.12. The van der Waals surface area contributed by atoms with Gasteiger partial charge in [0, 0.05) is 14.1 Å². The van der Waals surface area contributed by atoms with Crippen LogP contribution in [0.1, 0.15) is 39.0 Å². The van der Waals surface area contributed by atoms with Crippen LogP contribution in [0.25, 0.3) is 0 Å². The van der Waals surface area contributed by atoms with Crippen molar-refractivity contribution in [1.82, 2.24) is 15.0 Å². The first kappa shape index (κ1) is 15.4. The van der Waals surface area contributed by atoms with Gasteiger partial charge in [-0.3, -0.25) is 5.43 Å². The summed E-state index contributed by atoms with van der Waals surface area (Å²) in [5, 5.41) is 0. The van der Waals surface area contributed by atoms with Crippen LogP contribution in [0.4, 0.5) is 11.9 Å². The Morgan fingerprint density at radius 1 is 1.11 bits per heavy atom. The molecule has 0 bridgehead atoms. The van der Waals surface area contributed by atoms with Gasteiger partial charge in [0.1, 0.15) is 0 Å². The van der Waals surface area contributed by atoms with E-state index in [9.17, 15) is 0 Å². The third-order valence-corrected chi connectivity index (χ3v) is 2.61. The summed E-state index contributed by atoms with van der Waals surface area (Å²) in [6.45, 7) is 2.82. The summed E-state index contributed by atoms with van der Waals surface area (Å²) < 4.78 is 5.54. The van der Waals surface area contributed by atoms with Crippen molar-refractivity contribution in [3.63, 3.8) is 0 Å². The largest absolute Gasteiger partial charge is 0.463 e. The number of nitrogens with zero attached hydrogens (tertiary/aromatic N) is 4. The zero-order valence-electron chi connectivity index (χ0n) is 12.0. The van der Waals surface area contributed by atoms with Gasteiger partial charge in [-0.1, -0.05) is 32.6 Å². The molecular formula is C12H24N6O. The molecule has 0 spiro atoms. The zero-order chi connectivity index (χ0) is 14.1. The summed E-state index contributed by atoms with van der Waals surface area (Å²) in [6, 6.07) is 0.308. The van der Waals surface area contributed by atoms with Crippen molar-refractivity contribution in [2.24, 2.45) is 5.84 Å². The SMILES string of the molecule is CCCCCCCOc1nc(NN)nc(N(C)C)n1. The Kier molecular flexibility index (Phi) is 6.88. The number of rotatable bonds is 9. The Bertz CT molecular complexity index is 371. The third-order valence-electron chi connectivity index (χ3n) is 2.61. The lowest BCUT2D eigenvalue weighted by Crippen LogP contribution is -2.18. The molecule has 0 aromatic carbocycles. The quantitative estimate of drug-likeness (QED) is 0.399. The lowest BCUT2D eigenvalue weighted by molar-refractivity contribution is 0.281. The minimum atomic E-state index is 0.305. The van der Waals surface area contributed by atoms with Crippen LogP contribution < -0.4 is 20.9 Å². The standard InChI is InChI=1S/C12H24N6O/c1-4-5-6-7-8-9-19-12-15-10(17-13)14-11(16-12)18(2)3/h4-9,13H2,1-3H3,(H,14,15,16,17). The molecule has 0 amide bonds. The summed E-state index contributed by atoms with van der Waals surface area (Å²) in [5.41, 5.74) is 2.41. The van der Waals surface area contributed by atoms with Crippen LogP contribution >= 0.6 is 0 Å². The van der Waals surface area contributed by atoms with E-state index < -0.39 is 0 Å². The Balaban J connectivity index is 2.46. The highest BCUT2D eigenvalue weighted by Crippen LogP contribution is 2.13. The van der Waals surface area contributed by atoms with Crippen molar-refractivity contribution in [2.75, 3.05) is 31.0 Å². The number of hydrazine groups is 1. The predicted molar refractivity (Wildman–Crippen MR) is 76.2 cm³/mol. The van der Waals surface area contributed by atoms with Crippen LogP contribution in [0.5, 0.6) is 6.01 Å². The number of hydrogen-bond acceptors (Lipinski definition) is 7. The van der Waals surface area contributed by atoms with Gasteiger partial charge in [0.2, 0.25) is 11.9 Å². The minimum absolute atomic E-state index is 0.305. The maximum atomic E-state index is 5.54. The number of ether oxygens (including phenoxy) is 1. The predicted octanol–water partition coefficient (Wildman–Crippen LogP) is 1.57. The van der Waals surface area contributed by atoms with E-state index in [0.29, 0.717) is 24.5 Å². The second kappa shape index (κ2) is 8.47. The number of nitrogens with one attached hydrogen (secondary N) is 1. The molecule has 0 unspecified atom stereocenters. The van der Waals surface area contributed by atoms with Crippen molar-refractivity contribution in [3.8, 4) is 6.01 Å². The van der Waals surface area contributed by atoms with Gasteiger partial charge in [-0.05, 0) is 6.42 Å². The molecule has 1 aromatic rings. The molecule has 1 aromatic heterocycles. The molecule has 0 saturated carbocycles. The molecule has 0 aliphatic carbocycles. The molecule has 7 heteroatoms. The topological polar surface area (TPSA) is 89.2 Å². The van der Waals surface area contributed by atoms with E-state index in [1.165, 1.54) is 25.7 Å². The molecule has 1 rings (SSSR count). The van der Waals surface area contributed by atoms with E-state index in [0.717, 1.165) is 6.42 Å². The first-order valence-electron chi connectivity index (χ1n) is 6.70. The maximum Gasteiger partial charge on any atom is 0.323 e. The molecule has 0 atom stereocenters. The van der Waals surface area contributed by atoms with Crippen molar-refractivity contribution in [3.05, 3.63) is 0 Å². The fourth-order valence-electron chi connectivity index (χ4n) is 1.54. The van der Waals surface area contributed by atoms with E-state index in [2.05, 4.69) is 27.3 Å². The Hall–Kier alpha value is -1.63. The maximum absolute atomic E-state index is 5.54. The minimum Gasteiger partial charge on any atom is -0.463 e. The Morgan fingerprint density at radius 3 is 2.47 bits per heavy atom. The fraction of sp³-hybridized carbons (Fsp3) is 0.750. The van der Waals surface area contributed by atoms with Gasteiger partial charge in [-0.15, -0.1) is 0 Å². The molecule has 1 heterocycles. The van der Waals surface area contributed by atoms with E-state index in [1.54, 1.807) is 4.90 Å². The Labute approximate surface area is 114 Å². The van der Waals surface area contributed by atoms with Gasteiger partial charge in [0.25, 0.3) is 0 Å². The van der Waals surface area contributed by atoms with Crippen LogP contribution in [0.15, 0.2) is 0 Å². The van der Waals surface area contributed by atoms with Crippen LogP contribution in [0.3, 0.4) is 0 Å². The molecule has 108 valence electrons. The van der Waals surface area contributed by atoms with E-state index in [-0.39, 0.29) is 0 Å². The number of aromatic nitrogens is 3. The van der Waals surface area contributed by atoms with Crippen molar-refractivity contribution < 1.29 is 4.74 Å². The Morgan fingerprint density at radius 2 is 1.84 bits per heavy atom. The van der Waals surface area contributed by atoms with Gasteiger partial charge < -0.3 is 9.64 Å². The van der Waals surface area contributed by atoms with Gasteiger partial charge in [0.15, 0.2) is 0 Å². The number of unbranched alkanes of at least 4 members (excludes halogenated alkanes) is 4. The molecule has 3 N–H and O–H groups in total. The normalized spacial score (nSPS) is 10.3. The molecule has 19 heavy (non-hydrogen) atoms. The van der Waals surface area contributed by atoms with E-state index in [1.807, 2.05) is 14.1 Å². The lowest BCUT2D eigenvalue weighted by atomic mass is 10.2. The summed E-state index contributed by atoms with van der Waals surface area (Å²) in [5.74, 6) is 6.14. The van der Waals surface area contributed by atoms with Crippen molar-refractivity contribution in [1.29, 1.82) is 0 Å². The average molecular weight is 268 g/mol. The van der Waals surface area contributed by atoms with Crippen molar-refractivity contribution >= 4 is 11.9 Å². The molecular weight excluding hydrogens is 244 g/mol. The summed E-state index contributed by atoms with van der Waals surface area (Å²) in [7, 11) is 3.70. The van der Waals surface area contributed by atoms with E-state index >= 15 is 0 Å². The number of hydrogen-bond donors (Lipinski definition) is 2.